The van der Waals surface area contributed by atoms with E-state index in [0.717, 1.165) is 6.07 Å². The maximum Gasteiger partial charge on any atom is 0.409 e. The van der Waals surface area contributed by atoms with Crippen molar-refractivity contribution < 1.29 is 17.6 Å². The second kappa shape index (κ2) is 4.96. The predicted molar refractivity (Wildman–Crippen MR) is 49.4 cm³/mol. The van der Waals surface area contributed by atoms with Crippen LogP contribution in [0.3, 0.4) is 0 Å². The molecule has 2 nitrogen and oxygen atoms in total. The van der Waals surface area contributed by atoms with Gasteiger partial charge in [-0.1, -0.05) is 11.6 Å². The van der Waals surface area contributed by atoms with Crippen molar-refractivity contribution in [2.75, 3.05) is 0 Å². The summed E-state index contributed by atoms with van der Waals surface area (Å²) in [5.74, 6) is -0.812. The average molecular weight is 265 g/mol. The molecule has 1 atom stereocenters. The largest absolute Gasteiger partial charge is 0.409 e. The number of nitrogens with two attached hydrogens (primary N) is 1. The zero-order valence-electron chi connectivity index (χ0n) is 7.05. The highest BCUT2D eigenvalue weighted by atomic mass is 35.5. The lowest BCUT2D eigenvalue weighted by molar-refractivity contribution is -0.150. The summed E-state index contributed by atoms with van der Waals surface area (Å²) in [6, 6.07) is -1.56. The molecule has 0 spiro atoms. The molecule has 1 aromatic heterocycles. The van der Waals surface area contributed by atoms with Gasteiger partial charge in [-0.2, -0.15) is 13.2 Å². The van der Waals surface area contributed by atoms with Crippen LogP contribution >= 0.6 is 24.0 Å². The number of rotatable bonds is 1. The topological polar surface area (TPSA) is 38.9 Å². The van der Waals surface area contributed by atoms with Gasteiger partial charge in [-0.15, -0.1) is 12.4 Å². The molecule has 15 heavy (non-hydrogen) atoms. The maximum atomic E-state index is 12.4. The van der Waals surface area contributed by atoms with E-state index >= 15 is 0 Å². The summed E-state index contributed by atoms with van der Waals surface area (Å²) in [5.41, 5.74) is 4.25. The number of nitrogens with zero attached hydrogens (tertiary/aromatic N) is 1. The van der Waals surface area contributed by atoms with Crippen molar-refractivity contribution in [3.8, 4) is 0 Å². The molecule has 0 unspecified atom stereocenters. The van der Waals surface area contributed by atoms with Crippen LogP contribution < -0.4 is 5.73 Å². The molecule has 1 heterocycles. The molecular weight excluding hydrogens is 259 g/mol. The van der Waals surface area contributed by atoms with Crippen LogP contribution in [0.25, 0.3) is 0 Å². The van der Waals surface area contributed by atoms with Gasteiger partial charge in [0.1, 0.15) is 11.9 Å². The molecule has 0 amide bonds. The molecule has 0 aliphatic heterocycles. The molecule has 1 rings (SSSR count). The Hall–Kier alpha value is -0.590. The predicted octanol–water partition coefficient (Wildman–Crippen LogP) is 2.86. The Morgan fingerprint density at radius 1 is 1.40 bits per heavy atom. The first kappa shape index (κ1) is 14.4. The molecule has 86 valence electrons. The summed E-state index contributed by atoms with van der Waals surface area (Å²) in [6.45, 7) is 0. The molecule has 1 aromatic rings. The Labute approximate surface area is 93.8 Å². The summed E-state index contributed by atoms with van der Waals surface area (Å²) < 4.78 is 48.7. The third-order valence-electron chi connectivity index (χ3n) is 1.48. The molecule has 0 fully saturated rings. The highest BCUT2D eigenvalue weighted by Crippen LogP contribution is 2.32. The van der Waals surface area contributed by atoms with E-state index in [1.165, 1.54) is 0 Å². The van der Waals surface area contributed by atoms with E-state index in [9.17, 15) is 17.6 Å². The van der Waals surface area contributed by atoms with Crippen molar-refractivity contribution in [1.29, 1.82) is 0 Å². The van der Waals surface area contributed by atoms with E-state index in [1.54, 1.807) is 0 Å². The Balaban J connectivity index is 0.00000196. The van der Waals surface area contributed by atoms with Gasteiger partial charge in [-0.25, -0.2) is 4.39 Å². The second-order valence-corrected chi connectivity index (χ2v) is 2.95. The maximum absolute atomic E-state index is 12.4. The third kappa shape index (κ3) is 3.48. The van der Waals surface area contributed by atoms with Gasteiger partial charge in [-0.05, 0) is 6.07 Å². The number of hydrogen-bond acceptors (Lipinski definition) is 2. The van der Waals surface area contributed by atoms with E-state index < -0.39 is 28.8 Å². The molecule has 0 aliphatic carbocycles. The van der Waals surface area contributed by atoms with Crippen molar-refractivity contribution in [2.45, 2.75) is 12.2 Å². The van der Waals surface area contributed by atoms with Crippen molar-refractivity contribution >= 4 is 24.0 Å². The normalized spacial score (nSPS) is 13.2. The Morgan fingerprint density at radius 3 is 2.33 bits per heavy atom. The van der Waals surface area contributed by atoms with E-state index in [-0.39, 0.29) is 12.4 Å². The molecule has 0 bridgehead atoms. The van der Waals surface area contributed by atoms with Gasteiger partial charge in [0.2, 0.25) is 0 Å². The third-order valence-corrected chi connectivity index (χ3v) is 1.79. The van der Waals surface area contributed by atoms with Crippen LogP contribution in [0.2, 0.25) is 5.02 Å². The Morgan fingerprint density at radius 2 is 1.93 bits per heavy atom. The van der Waals surface area contributed by atoms with Gasteiger partial charge in [0.05, 0.1) is 16.9 Å². The van der Waals surface area contributed by atoms with Crippen LogP contribution in [0, 0.1) is 5.82 Å². The smallest absolute Gasteiger partial charge is 0.315 e. The van der Waals surface area contributed by atoms with Gasteiger partial charge in [0.25, 0.3) is 0 Å². The lowest BCUT2D eigenvalue weighted by Gasteiger charge is -2.15. The molecule has 0 saturated carbocycles. The first-order valence-corrected chi connectivity index (χ1v) is 3.83. The van der Waals surface area contributed by atoms with E-state index in [0.29, 0.717) is 6.20 Å². The van der Waals surface area contributed by atoms with Crippen molar-refractivity contribution in [2.24, 2.45) is 5.73 Å². The molecule has 0 aliphatic rings. The number of halogens is 6. The monoisotopic (exact) mass is 264 g/mol. The van der Waals surface area contributed by atoms with Gasteiger partial charge >= 0.3 is 6.18 Å². The van der Waals surface area contributed by atoms with Gasteiger partial charge in [-0.3, -0.25) is 4.98 Å². The second-order valence-electron chi connectivity index (χ2n) is 2.54. The summed E-state index contributed by atoms with van der Waals surface area (Å²) in [7, 11) is 0. The zero-order valence-corrected chi connectivity index (χ0v) is 8.63. The van der Waals surface area contributed by atoms with Gasteiger partial charge in [0, 0.05) is 0 Å². The molecule has 0 radical (unpaired) electrons. The van der Waals surface area contributed by atoms with E-state index in [1.807, 2.05) is 0 Å². The minimum atomic E-state index is -4.64. The first-order chi connectivity index (χ1) is 6.32. The fraction of sp³-hybridized carbons (Fsp3) is 0.286. The molecule has 0 aromatic carbocycles. The highest BCUT2D eigenvalue weighted by molar-refractivity contribution is 6.31. The minimum Gasteiger partial charge on any atom is -0.315 e. The summed E-state index contributed by atoms with van der Waals surface area (Å²) in [5, 5.41) is -0.435. The van der Waals surface area contributed by atoms with Gasteiger partial charge in [0.15, 0.2) is 0 Å². The number of alkyl halides is 3. The molecule has 8 heteroatoms. The lowest BCUT2D eigenvalue weighted by atomic mass is 10.2. The lowest BCUT2D eigenvalue weighted by Crippen LogP contribution is -2.29. The van der Waals surface area contributed by atoms with Crippen LogP contribution in [-0.2, 0) is 0 Å². The van der Waals surface area contributed by atoms with E-state index in [4.69, 9.17) is 17.3 Å². The Kier molecular flexibility index (Phi) is 4.76. The number of aromatic nitrogens is 1. The van der Waals surface area contributed by atoms with Crippen LogP contribution in [-0.4, -0.2) is 11.2 Å². The van der Waals surface area contributed by atoms with Crippen LogP contribution in [0.5, 0.6) is 0 Å². The van der Waals surface area contributed by atoms with Crippen LogP contribution in [0.4, 0.5) is 17.6 Å². The van der Waals surface area contributed by atoms with Crippen molar-refractivity contribution in [3.63, 3.8) is 0 Å². The average Bonchev–Trinajstić information content (AvgIpc) is 2.01. The van der Waals surface area contributed by atoms with Crippen LogP contribution in [0.1, 0.15) is 11.7 Å². The fourth-order valence-corrected chi connectivity index (χ4v) is 1.08. The summed E-state index contributed by atoms with van der Waals surface area (Å²) in [6.07, 6.45) is -4.01. The highest BCUT2D eigenvalue weighted by Gasteiger charge is 2.40. The number of pyridine rings is 1. The van der Waals surface area contributed by atoms with Crippen LogP contribution in [0.15, 0.2) is 12.3 Å². The Bertz CT molecular complexity index is 342. The molecular formula is C7H6Cl2F4N2. The van der Waals surface area contributed by atoms with Crippen molar-refractivity contribution in [3.05, 3.63) is 28.8 Å². The standard InChI is InChI=1S/C7H5ClF4N2.ClH/c8-4-1-3(9)2-14-5(4)6(13)7(10,11)12;/h1-2,6H,13H2;1H/t6-;/m1./s1. The minimum absolute atomic E-state index is 0. The fourth-order valence-electron chi connectivity index (χ4n) is 0.809. The summed E-state index contributed by atoms with van der Waals surface area (Å²) >= 11 is 5.35. The summed E-state index contributed by atoms with van der Waals surface area (Å²) in [4.78, 5) is 3.19. The van der Waals surface area contributed by atoms with Gasteiger partial charge < -0.3 is 5.73 Å². The molecule has 2 N–H and O–H groups in total. The van der Waals surface area contributed by atoms with E-state index in [2.05, 4.69) is 4.98 Å². The van der Waals surface area contributed by atoms with Crippen molar-refractivity contribution in [1.82, 2.24) is 4.98 Å². The zero-order chi connectivity index (χ0) is 10.9. The first-order valence-electron chi connectivity index (χ1n) is 3.45. The number of hydrogen-bond donors (Lipinski definition) is 1. The SMILES string of the molecule is Cl.N[C@H](c1ncc(F)cc1Cl)C(F)(F)F. The quantitative estimate of drug-likeness (QED) is 0.793. The molecule has 0 saturated heterocycles.